The number of carbonyl (C=O) groups is 1. The summed E-state index contributed by atoms with van der Waals surface area (Å²) in [4.78, 5) is 12.2. The maximum absolute atomic E-state index is 12.1. The zero-order valence-electron chi connectivity index (χ0n) is 14.7. The Bertz CT molecular complexity index is 856. The molecule has 2 aromatic rings. The van der Waals surface area contributed by atoms with E-state index in [0.29, 0.717) is 11.4 Å². The molecule has 0 heterocycles. The number of rotatable bonds is 6. The van der Waals surface area contributed by atoms with Gasteiger partial charge in [-0.15, -0.1) is 0 Å². The van der Waals surface area contributed by atoms with Crippen molar-refractivity contribution in [3.8, 4) is 5.75 Å². The van der Waals surface area contributed by atoms with E-state index in [9.17, 15) is 13.2 Å². The van der Waals surface area contributed by atoms with Crippen molar-refractivity contribution in [1.82, 2.24) is 4.31 Å². The van der Waals surface area contributed by atoms with Crippen molar-refractivity contribution >= 4 is 21.6 Å². The van der Waals surface area contributed by atoms with Crippen LogP contribution in [-0.2, 0) is 14.8 Å². The third-order valence-electron chi connectivity index (χ3n) is 3.65. The zero-order valence-corrected chi connectivity index (χ0v) is 15.6. The molecule has 0 unspecified atom stereocenters. The lowest BCUT2D eigenvalue weighted by Gasteiger charge is -2.14. The lowest BCUT2D eigenvalue weighted by molar-refractivity contribution is -0.118. The van der Waals surface area contributed by atoms with Crippen molar-refractivity contribution in [3.63, 3.8) is 0 Å². The highest BCUT2D eigenvalue weighted by atomic mass is 32.2. The largest absolute Gasteiger partial charge is 0.483 e. The van der Waals surface area contributed by atoms with Gasteiger partial charge in [0, 0.05) is 19.8 Å². The van der Waals surface area contributed by atoms with Crippen molar-refractivity contribution in [2.24, 2.45) is 0 Å². The van der Waals surface area contributed by atoms with Crippen LogP contribution in [0.15, 0.2) is 47.4 Å². The predicted octanol–water partition coefficient (Wildman–Crippen LogP) is 2.57. The lowest BCUT2D eigenvalue weighted by atomic mass is 10.1. The summed E-state index contributed by atoms with van der Waals surface area (Å²) < 4.78 is 31.0. The SMILES string of the molecule is Cc1cccc(C)c1OCC(=O)Nc1cccc(S(=O)(=O)N(C)C)c1. The summed E-state index contributed by atoms with van der Waals surface area (Å²) in [5.41, 5.74) is 2.30. The highest BCUT2D eigenvalue weighted by Gasteiger charge is 2.17. The van der Waals surface area contributed by atoms with Gasteiger partial charge >= 0.3 is 0 Å². The number of para-hydroxylation sites is 1. The van der Waals surface area contributed by atoms with E-state index in [-0.39, 0.29) is 17.4 Å². The summed E-state index contributed by atoms with van der Waals surface area (Å²) in [6.45, 7) is 3.67. The second-order valence-electron chi connectivity index (χ2n) is 5.87. The average Bonchev–Trinajstić information content (AvgIpc) is 2.54. The fourth-order valence-electron chi connectivity index (χ4n) is 2.31. The first kappa shape index (κ1) is 19.0. The minimum absolute atomic E-state index is 0.117. The molecule has 0 aliphatic carbocycles. The van der Waals surface area contributed by atoms with Gasteiger partial charge in [-0.2, -0.15) is 0 Å². The van der Waals surface area contributed by atoms with Gasteiger partial charge in [0.2, 0.25) is 10.0 Å². The molecule has 0 spiro atoms. The van der Waals surface area contributed by atoms with Crippen LogP contribution in [0.2, 0.25) is 0 Å². The van der Waals surface area contributed by atoms with Crippen LogP contribution in [-0.4, -0.2) is 39.3 Å². The number of ether oxygens (including phenoxy) is 1. The van der Waals surface area contributed by atoms with E-state index < -0.39 is 10.0 Å². The second kappa shape index (κ2) is 7.67. The summed E-state index contributed by atoms with van der Waals surface area (Å²) in [5, 5.41) is 2.66. The van der Waals surface area contributed by atoms with Gasteiger partial charge < -0.3 is 10.1 Å². The van der Waals surface area contributed by atoms with Crippen LogP contribution in [0, 0.1) is 13.8 Å². The number of hydrogen-bond acceptors (Lipinski definition) is 4. The maximum Gasteiger partial charge on any atom is 0.262 e. The smallest absolute Gasteiger partial charge is 0.262 e. The topological polar surface area (TPSA) is 75.7 Å². The molecule has 2 rings (SSSR count). The van der Waals surface area contributed by atoms with Crippen LogP contribution >= 0.6 is 0 Å². The molecular formula is C18H22N2O4S. The van der Waals surface area contributed by atoms with Crippen LogP contribution in [0.5, 0.6) is 5.75 Å². The first-order valence-corrected chi connectivity index (χ1v) is 9.17. The van der Waals surface area contributed by atoms with E-state index in [1.165, 1.54) is 26.2 Å². The van der Waals surface area contributed by atoms with Crippen LogP contribution < -0.4 is 10.1 Å². The number of nitrogens with one attached hydrogen (secondary N) is 1. The van der Waals surface area contributed by atoms with Gasteiger partial charge in [-0.25, -0.2) is 12.7 Å². The molecule has 1 N–H and O–H groups in total. The molecule has 0 saturated carbocycles. The van der Waals surface area contributed by atoms with Gasteiger partial charge in [-0.05, 0) is 43.2 Å². The van der Waals surface area contributed by atoms with E-state index in [0.717, 1.165) is 15.4 Å². The van der Waals surface area contributed by atoms with Gasteiger partial charge in [0.05, 0.1) is 4.90 Å². The molecule has 0 bridgehead atoms. The molecule has 0 saturated heterocycles. The van der Waals surface area contributed by atoms with Crippen molar-refractivity contribution in [3.05, 3.63) is 53.6 Å². The monoisotopic (exact) mass is 362 g/mol. The van der Waals surface area contributed by atoms with Crippen molar-refractivity contribution in [2.75, 3.05) is 26.0 Å². The summed E-state index contributed by atoms with van der Waals surface area (Å²) in [6.07, 6.45) is 0. The third-order valence-corrected chi connectivity index (χ3v) is 5.46. The molecule has 0 aliphatic rings. The molecule has 0 aliphatic heterocycles. The minimum Gasteiger partial charge on any atom is -0.483 e. The Hall–Kier alpha value is -2.38. The predicted molar refractivity (Wildman–Crippen MR) is 97.4 cm³/mol. The number of benzene rings is 2. The van der Waals surface area contributed by atoms with Crippen LogP contribution in [0.4, 0.5) is 5.69 Å². The summed E-state index contributed by atoms with van der Waals surface area (Å²) in [5.74, 6) is 0.323. The number of hydrogen-bond donors (Lipinski definition) is 1. The first-order valence-electron chi connectivity index (χ1n) is 7.73. The van der Waals surface area contributed by atoms with Crippen molar-refractivity contribution in [2.45, 2.75) is 18.7 Å². The van der Waals surface area contributed by atoms with Gasteiger partial charge in [-0.3, -0.25) is 4.79 Å². The van der Waals surface area contributed by atoms with E-state index in [1.807, 2.05) is 32.0 Å². The highest BCUT2D eigenvalue weighted by molar-refractivity contribution is 7.89. The second-order valence-corrected chi connectivity index (χ2v) is 8.02. The number of amides is 1. The van der Waals surface area contributed by atoms with E-state index in [4.69, 9.17) is 4.74 Å². The molecule has 0 atom stereocenters. The fraction of sp³-hybridized carbons (Fsp3) is 0.278. The van der Waals surface area contributed by atoms with Gasteiger partial charge in [0.1, 0.15) is 5.75 Å². The number of nitrogens with zero attached hydrogens (tertiary/aromatic N) is 1. The van der Waals surface area contributed by atoms with E-state index >= 15 is 0 Å². The Morgan fingerprint density at radius 3 is 2.28 bits per heavy atom. The Morgan fingerprint density at radius 2 is 1.68 bits per heavy atom. The van der Waals surface area contributed by atoms with Gasteiger partial charge in [0.25, 0.3) is 5.91 Å². The average molecular weight is 362 g/mol. The third kappa shape index (κ3) is 4.58. The molecule has 2 aromatic carbocycles. The molecule has 7 heteroatoms. The zero-order chi connectivity index (χ0) is 18.6. The Kier molecular flexibility index (Phi) is 5.81. The summed E-state index contributed by atoms with van der Waals surface area (Å²) in [6, 6.07) is 11.9. The molecule has 1 amide bonds. The molecular weight excluding hydrogens is 340 g/mol. The number of carbonyl (C=O) groups excluding carboxylic acids is 1. The maximum atomic E-state index is 12.1. The van der Waals surface area contributed by atoms with Crippen molar-refractivity contribution in [1.29, 1.82) is 0 Å². The Balaban J connectivity index is 2.06. The standard InChI is InChI=1S/C18H22N2O4S/c1-13-7-5-8-14(2)18(13)24-12-17(21)19-15-9-6-10-16(11-15)25(22,23)20(3)4/h5-11H,12H2,1-4H3,(H,19,21). The number of sulfonamides is 1. The normalized spacial score (nSPS) is 11.4. The van der Waals surface area contributed by atoms with E-state index in [2.05, 4.69) is 5.32 Å². The molecule has 25 heavy (non-hydrogen) atoms. The molecule has 6 nitrogen and oxygen atoms in total. The molecule has 134 valence electrons. The van der Waals surface area contributed by atoms with E-state index in [1.54, 1.807) is 12.1 Å². The van der Waals surface area contributed by atoms with Crippen molar-refractivity contribution < 1.29 is 17.9 Å². The highest BCUT2D eigenvalue weighted by Crippen LogP contribution is 2.22. The summed E-state index contributed by atoms with van der Waals surface area (Å²) in [7, 11) is -0.636. The number of anilines is 1. The quantitative estimate of drug-likeness (QED) is 0.857. The fourth-order valence-corrected chi connectivity index (χ4v) is 3.25. The molecule has 0 aromatic heterocycles. The molecule has 0 radical (unpaired) electrons. The first-order chi connectivity index (χ1) is 11.7. The van der Waals surface area contributed by atoms with Gasteiger partial charge in [-0.1, -0.05) is 24.3 Å². The minimum atomic E-state index is -3.55. The van der Waals surface area contributed by atoms with Crippen LogP contribution in [0.3, 0.4) is 0 Å². The Morgan fingerprint density at radius 1 is 1.08 bits per heavy atom. The van der Waals surface area contributed by atoms with Crippen LogP contribution in [0.1, 0.15) is 11.1 Å². The Labute approximate surface area is 148 Å². The summed E-state index contributed by atoms with van der Waals surface area (Å²) >= 11 is 0. The molecule has 0 fully saturated rings. The van der Waals surface area contributed by atoms with Crippen LogP contribution in [0.25, 0.3) is 0 Å². The lowest BCUT2D eigenvalue weighted by Crippen LogP contribution is -2.23. The van der Waals surface area contributed by atoms with Gasteiger partial charge in [0.15, 0.2) is 6.61 Å². The number of aryl methyl sites for hydroxylation is 2.